The first-order chi connectivity index (χ1) is 15.3. The summed E-state index contributed by atoms with van der Waals surface area (Å²) >= 11 is 0. The molecule has 0 radical (unpaired) electrons. The van der Waals surface area contributed by atoms with Gasteiger partial charge in [-0.25, -0.2) is 8.42 Å². The second-order valence-electron chi connectivity index (χ2n) is 7.59. The van der Waals surface area contributed by atoms with Crippen molar-refractivity contribution in [3.05, 3.63) is 53.6 Å². The molecule has 2 aromatic rings. The number of hydrogen-bond acceptors (Lipinski definition) is 6. The first kappa shape index (κ1) is 24.0. The Morgan fingerprint density at radius 1 is 1.12 bits per heavy atom. The third kappa shape index (κ3) is 5.99. The molecule has 8 nitrogen and oxygen atoms in total. The van der Waals surface area contributed by atoms with Gasteiger partial charge in [0.05, 0.1) is 24.7 Å². The van der Waals surface area contributed by atoms with Gasteiger partial charge in [0.2, 0.25) is 10.0 Å². The molecule has 1 aliphatic heterocycles. The van der Waals surface area contributed by atoms with E-state index in [-0.39, 0.29) is 17.4 Å². The van der Waals surface area contributed by atoms with Crippen LogP contribution in [-0.4, -0.2) is 64.2 Å². The number of nitrogens with one attached hydrogen (secondary N) is 1. The van der Waals surface area contributed by atoms with E-state index in [0.29, 0.717) is 44.3 Å². The molecule has 1 saturated heterocycles. The van der Waals surface area contributed by atoms with Gasteiger partial charge in [-0.05, 0) is 62.2 Å². The molecule has 1 fully saturated rings. The van der Waals surface area contributed by atoms with Crippen LogP contribution in [0.25, 0.3) is 0 Å². The lowest BCUT2D eigenvalue weighted by atomic mass is 10.1. The third-order valence-corrected chi connectivity index (χ3v) is 7.24. The number of benzene rings is 2. The van der Waals surface area contributed by atoms with E-state index in [1.54, 1.807) is 19.1 Å². The number of aryl methyl sites for hydroxylation is 1. The van der Waals surface area contributed by atoms with Crippen LogP contribution in [0.1, 0.15) is 18.1 Å². The predicted octanol–water partition coefficient (Wildman–Crippen LogP) is 2.29. The fourth-order valence-corrected chi connectivity index (χ4v) is 4.63. The number of hydrogen-bond donors (Lipinski definition) is 1. The minimum Gasteiger partial charge on any atom is -0.492 e. The maximum absolute atomic E-state index is 12.6. The Labute approximate surface area is 189 Å². The van der Waals surface area contributed by atoms with Gasteiger partial charge in [0, 0.05) is 13.1 Å². The van der Waals surface area contributed by atoms with Crippen molar-refractivity contribution < 1.29 is 27.4 Å². The molecule has 1 N–H and O–H groups in total. The number of amides is 1. The zero-order chi connectivity index (χ0) is 23.1. The Kier molecular flexibility index (Phi) is 8.11. The lowest BCUT2D eigenvalue weighted by Gasteiger charge is -2.26. The van der Waals surface area contributed by atoms with Crippen LogP contribution < -0.4 is 14.8 Å². The van der Waals surface area contributed by atoms with E-state index in [1.807, 2.05) is 32.0 Å². The van der Waals surface area contributed by atoms with E-state index in [9.17, 15) is 13.2 Å². The van der Waals surface area contributed by atoms with Gasteiger partial charge >= 0.3 is 0 Å². The summed E-state index contributed by atoms with van der Waals surface area (Å²) in [6.45, 7) is 7.71. The molecule has 1 atom stereocenters. The van der Waals surface area contributed by atoms with Crippen molar-refractivity contribution in [2.45, 2.75) is 31.8 Å². The average molecular weight is 463 g/mol. The van der Waals surface area contributed by atoms with E-state index >= 15 is 0 Å². The highest BCUT2D eigenvalue weighted by Gasteiger charge is 2.26. The molecule has 0 aliphatic carbocycles. The van der Waals surface area contributed by atoms with Crippen molar-refractivity contribution in [3.63, 3.8) is 0 Å². The fourth-order valence-electron chi connectivity index (χ4n) is 3.23. The monoisotopic (exact) mass is 462 g/mol. The zero-order valence-corrected chi connectivity index (χ0v) is 19.5. The molecule has 1 heterocycles. The summed E-state index contributed by atoms with van der Waals surface area (Å²) in [5.74, 6) is 0.984. The van der Waals surface area contributed by atoms with Crippen molar-refractivity contribution in [1.82, 2.24) is 9.62 Å². The molecular weight excluding hydrogens is 432 g/mol. The van der Waals surface area contributed by atoms with E-state index in [2.05, 4.69) is 5.32 Å². The molecule has 174 valence electrons. The average Bonchev–Trinajstić information content (AvgIpc) is 2.80. The summed E-state index contributed by atoms with van der Waals surface area (Å²) < 4.78 is 43.3. The first-order valence-corrected chi connectivity index (χ1v) is 12.0. The second-order valence-corrected chi connectivity index (χ2v) is 9.52. The fraction of sp³-hybridized carbons (Fsp3) is 0.435. The Morgan fingerprint density at radius 2 is 1.81 bits per heavy atom. The Morgan fingerprint density at radius 3 is 2.50 bits per heavy atom. The molecular formula is C23H30N2O6S. The van der Waals surface area contributed by atoms with Crippen LogP contribution >= 0.6 is 0 Å². The maximum atomic E-state index is 12.6. The Balaban J connectivity index is 1.44. The smallest absolute Gasteiger partial charge is 0.260 e. The van der Waals surface area contributed by atoms with Crippen molar-refractivity contribution in [2.24, 2.45) is 0 Å². The Hall–Kier alpha value is -2.62. The van der Waals surface area contributed by atoms with Crippen LogP contribution in [0.4, 0.5) is 0 Å². The number of nitrogens with zero attached hydrogens (tertiary/aromatic N) is 1. The van der Waals surface area contributed by atoms with E-state index in [0.717, 1.165) is 11.1 Å². The van der Waals surface area contributed by atoms with Gasteiger partial charge in [-0.15, -0.1) is 0 Å². The first-order valence-electron chi connectivity index (χ1n) is 10.6. The van der Waals surface area contributed by atoms with Gasteiger partial charge in [-0.2, -0.15) is 4.31 Å². The molecule has 1 aliphatic rings. The van der Waals surface area contributed by atoms with E-state index < -0.39 is 16.1 Å². The number of carbonyl (C=O) groups excluding carboxylic acids is 1. The summed E-state index contributed by atoms with van der Waals surface area (Å²) in [4.78, 5) is 12.5. The van der Waals surface area contributed by atoms with E-state index in [4.69, 9.17) is 14.2 Å². The quantitative estimate of drug-likeness (QED) is 0.575. The van der Waals surface area contributed by atoms with E-state index in [1.165, 1.54) is 16.4 Å². The van der Waals surface area contributed by atoms with Crippen molar-refractivity contribution in [2.75, 3.05) is 39.5 Å². The molecule has 3 rings (SSSR count). The number of ether oxygens (including phenoxy) is 3. The van der Waals surface area contributed by atoms with Crippen LogP contribution in [0.2, 0.25) is 0 Å². The van der Waals surface area contributed by atoms with Gasteiger partial charge in [0.25, 0.3) is 5.91 Å². The van der Waals surface area contributed by atoms with Gasteiger partial charge in [-0.3, -0.25) is 4.79 Å². The number of sulfonamides is 1. The number of carbonyl (C=O) groups is 1. The summed E-state index contributed by atoms with van der Waals surface area (Å²) in [6, 6.07) is 12.0. The van der Waals surface area contributed by atoms with Gasteiger partial charge in [-0.1, -0.05) is 12.1 Å². The molecule has 0 bridgehead atoms. The summed E-state index contributed by atoms with van der Waals surface area (Å²) in [7, 11) is -3.53. The van der Waals surface area contributed by atoms with Crippen molar-refractivity contribution in [3.8, 4) is 11.5 Å². The molecule has 1 amide bonds. The SMILES string of the molecule is Cc1cccc(OC(C)C(=O)NCCOc2ccc(S(=O)(=O)N3CCOCC3)cc2)c1C. The Bertz CT molecular complexity index is 1020. The molecule has 0 aromatic heterocycles. The number of morpholine rings is 1. The molecule has 1 unspecified atom stereocenters. The summed E-state index contributed by atoms with van der Waals surface area (Å²) in [5.41, 5.74) is 2.11. The normalized spacial score (nSPS) is 15.7. The zero-order valence-electron chi connectivity index (χ0n) is 18.7. The van der Waals surface area contributed by atoms with Gasteiger partial charge < -0.3 is 19.5 Å². The lowest BCUT2D eigenvalue weighted by Crippen LogP contribution is -2.40. The molecule has 9 heteroatoms. The van der Waals surface area contributed by atoms with Crippen LogP contribution in [0, 0.1) is 13.8 Å². The van der Waals surface area contributed by atoms with Crippen LogP contribution in [-0.2, 0) is 19.6 Å². The van der Waals surface area contributed by atoms with Gasteiger partial charge in [0.15, 0.2) is 6.10 Å². The molecule has 2 aromatic carbocycles. The minimum absolute atomic E-state index is 0.220. The highest BCUT2D eigenvalue weighted by atomic mass is 32.2. The molecule has 32 heavy (non-hydrogen) atoms. The standard InChI is InChI=1S/C23H30N2O6S/c1-17-5-4-6-22(18(17)2)31-19(3)23(26)24-11-14-30-20-7-9-21(10-8-20)32(27,28)25-12-15-29-16-13-25/h4-10,19H,11-16H2,1-3H3,(H,24,26). The largest absolute Gasteiger partial charge is 0.492 e. The number of rotatable bonds is 9. The summed E-state index contributed by atoms with van der Waals surface area (Å²) in [5, 5.41) is 2.78. The topological polar surface area (TPSA) is 94.2 Å². The van der Waals surface area contributed by atoms with Gasteiger partial charge in [0.1, 0.15) is 18.1 Å². The lowest BCUT2D eigenvalue weighted by molar-refractivity contribution is -0.127. The molecule has 0 spiro atoms. The third-order valence-electron chi connectivity index (χ3n) is 5.33. The van der Waals surface area contributed by atoms with Crippen LogP contribution in [0.15, 0.2) is 47.4 Å². The minimum atomic E-state index is -3.53. The highest BCUT2D eigenvalue weighted by Crippen LogP contribution is 2.22. The second kappa shape index (κ2) is 10.8. The predicted molar refractivity (Wildman–Crippen MR) is 121 cm³/mol. The van der Waals surface area contributed by atoms with Crippen molar-refractivity contribution >= 4 is 15.9 Å². The van der Waals surface area contributed by atoms with Crippen LogP contribution in [0.5, 0.6) is 11.5 Å². The highest BCUT2D eigenvalue weighted by molar-refractivity contribution is 7.89. The summed E-state index contributed by atoms with van der Waals surface area (Å²) in [6.07, 6.45) is -0.639. The van der Waals surface area contributed by atoms with Crippen molar-refractivity contribution in [1.29, 1.82) is 0 Å². The maximum Gasteiger partial charge on any atom is 0.260 e. The molecule has 0 saturated carbocycles. The van der Waals surface area contributed by atoms with Crippen LogP contribution in [0.3, 0.4) is 0 Å².